The van der Waals surface area contributed by atoms with Crippen molar-refractivity contribution in [2.45, 2.75) is 25.4 Å². The van der Waals surface area contributed by atoms with Crippen LogP contribution in [0.5, 0.6) is 11.5 Å². The minimum absolute atomic E-state index is 0.0457. The van der Waals surface area contributed by atoms with E-state index in [9.17, 15) is 0 Å². The molecule has 3 aromatic carbocycles. The summed E-state index contributed by atoms with van der Waals surface area (Å²) in [6, 6.07) is 23.4. The summed E-state index contributed by atoms with van der Waals surface area (Å²) in [6.07, 6.45) is 5.30. The number of hydrogen-bond donors (Lipinski definition) is 0. The predicted octanol–water partition coefficient (Wildman–Crippen LogP) is 6.92. The van der Waals surface area contributed by atoms with Gasteiger partial charge in [-0.05, 0) is 60.7 Å². The maximum atomic E-state index is 6.41. The van der Waals surface area contributed by atoms with Crippen LogP contribution in [0.15, 0.2) is 79.4 Å². The fourth-order valence-electron chi connectivity index (χ4n) is 4.33. The quantitative estimate of drug-likeness (QED) is 0.404. The molecule has 0 bridgehead atoms. The van der Waals surface area contributed by atoms with E-state index in [0.717, 1.165) is 35.9 Å². The van der Waals surface area contributed by atoms with Crippen molar-refractivity contribution in [2.75, 3.05) is 18.6 Å². The van der Waals surface area contributed by atoms with Gasteiger partial charge in [-0.3, -0.25) is 0 Å². The molecule has 30 heavy (non-hydrogen) atoms. The van der Waals surface area contributed by atoms with E-state index in [-0.39, 0.29) is 6.10 Å². The van der Waals surface area contributed by atoms with Gasteiger partial charge in [-0.2, -0.15) is 0 Å². The Hall–Kier alpha value is -3.20. The molecule has 1 fully saturated rings. The molecule has 3 aromatic rings. The summed E-state index contributed by atoms with van der Waals surface area (Å²) >= 11 is 0. The van der Waals surface area contributed by atoms with Gasteiger partial charge in [0.1, 0.15) is 17.6 Å². The van der Waals surface area contributed by atoms with Crippen molar-refractivity contribution in [1.82, 2.24) is 0 Å². The summed E-state index contributed by atoms with van der Waals surface area (Å²) in [6.45, 7) is 5.01. The van der Waals surface area contributed by atoms with Gasteiger partial charge in [0, 0.05) is 29.9 Å². The van der Waals surface area contributed by atoms with Crippen LogP contribution in [0.25, 0.3) is 11.1 Å². The Morgan fingerprint density at radius 2 is 1.87 bits per heavy atom. The van der Waals surface area contributed by atoms with Crippen LogP contribution in [0.4, 0.5) is 11.4 Å². The highest BCUT2D eigenvalue weighted by atomic mass is 16.5. The van der Waals surface area contributed by atoms with Gasteiger partial charge < -0.3 is 14.4 Å². The Balaban J connectivity index is 1.63. The second-order valence-corrected chi connectivity index (χ2v) is 8.13. The molecule has 0 N–H and O–H groups in total. The van der Waals surface area contributed by atoms with E-state index in [1.165, 1.54) is 35.3 Å². The number of benzene rings is 3. The second kappa shape index (κ2) is 7.91. The highest BCUT2D eigenvalue weighted by molar-refractivity contribution is 5.83. The van der Waals surface area contributed by atoms with Crippen LogP contribution in [-0.2, 0) is 0 Å². The third-order valence-electron chi connectivity index (χ3n) is 6.03. The van der Waals surface area contributed by atoms with E-state index in [1.807, 2.05) is 24.3 Å². The topological polar surface area (TPSA) is 21.7 Å². The van der Waals surface area contributed by atoms with Gasteiger partial charge in [0.2, 0.25) is 0 Å². The van der Waals surface area contributed by atoms with Crippen LogP contribution in [0.1, 0.15) is 30.9 Å². The molecule has 1 saturated carbocycles. The maximum Gasteiger partial charge on any atom is 0.131 e. The van der Waals surface area contributed by atoms with Crippen molar-refractivity contribution in [2.24, 2.45) is 5.92 Å². The fourth-order valence-corrected chi connectivity index (χ4v) is 4.33. The molecule has 0 amide bonds. The van der Waals surface area contributed by atoms with E-state index in [4.69, 9.17) is 9.47 Å². The summed E-state index contributed by atoms with van der Waals surface area (Å²) < 4.78 is 12.1. The Kier molecular flexibility index (Phi) is 4.96. The molecular formula is C27H27NO2. The van der Waals surface area contributed by atoms with Crippen LogP contribution in [0.3, 0.4) is 0 Å². The van der Waals surface area contributed by atoms with E-state index >= 15 is 0 Å². The second-order valence-electron chi connectivity index (χ2n) is 8.13. The molecule has 0 spiro atoms. The van der Waals surface area contributed by atoms with Crippen LogP contribution in [0, 0.1) is 5.92 Å². The average Bonchev–Trinajstić information content (AvgIpc) is 3.62. The normalized spacial score (nSPS) is 16.8. The zero-order valence-electron chi connectivity index (χ0n) is 17.4. The number of fused-ring (bicyclic) bond motifs is 3. The van der Waals surface area contributed by atoms with Crippen molar-refractivity contribution in [3.05, 3.63) is 84.9 Å². The molecule has 152 valence electrons. The first kappa shape index (κ1) is 18.8. The smallest absolute Gasteiger partial charge is 0.131 e. The first-order valence-electron chi connectivity index (χ1n) is 10.7. The molecule has 0 aromatic heterocycles. The maximum absolute atomic E-state index is 6.41. The number of methoxy groups -OCH3 is 1. The zero-order valence-corrected chi connectivity index (χ0v) is 17.4. The summed E-state index contributed by atoms with van der Waals surface area (Å²) in [7, 11) is 1.71. The molecule has 1 unspecified atom stereocenters. The van der Waals surface area contributed by atoms with Crippen LogP contribution in [-0.4, -0.2) is 13.7 Å². The third kappa shape index (κ3) is 3.45. The molecule has 0 radical (unpaired) electrons. The van der Waals surface area contributed by atoms with Crippen molar-refractivity contribution in [3.8, 4) is 22.6 Å². The lowest BCUT2D eigenvalue weighted by atomic mass is 9.90. The Morgan fingerprint density at radius 3 is 2.60 bits per heavy atom. The Morgan fingerprint density at radius 1 is 1.03 bits per heavy atom. The lowest BCUT2D eigenvalue weighted by molar-refractivity contribution is 0.205. The van der Waals surface area contributed by atoms with E-state index in [1.54, 1.807) is 7.11 Å². The van der Waals surface area contributed by atoms with E-state index < -0.39 is 0 Å². The molecule has 1 aliphatic heterocycles. The first-order chi connectivity index (χ1) is 14.8. The van der Waals surface area contributed by atoms with Gasteiger partial charge in [0.15, 0.2) is 0 Å². The number of hydrogen-bond acceptors (Lipinski definition) is 3. The fraction of sp³-hybridized carbons (Fsp3) is 0.259. The zero-order chi connectivity index (χ0) is 20.5. The summed E-state index contributed by atoms with van der Waals surface area (Å²) in [5.41, 5.74) is 5.86. The molecule has 5 rings (SSSR count). The molecule has 1 atom stereocenters. The standard InChI is InChI=1S/C27H27NO2/c1-3-8-24-23-17-21(28(18-19-13-14-19)20-9-5-4-6-10-20)15-16-22(23)27-25(29-2)11-7-12-26(27)30-24/h3-7,9-12,15-17,19,24H,1,8,13-14,18H2,2H3. The van der Waals surface area contributed by atoms with Gasteiger partial charge >= 0.3 is 0 Å². The Labute approximate surface area is 178 Å². The van der Waals surface area contributed by atoms with Crippen LogP contribution >= 0.6 is 0 Å². The van der Waals surface area contributed by atoms with Crippen molar-refractivity contribution in [3.63, 3.8) is 0 Å². The molecule has 3 nitrogen and oxygen atoms in total. The molecule has 0 saturated heterocycles. The molecule has 2 aliphatic rings. The molecule has 1 heterocycles. The highest BCUT2D eigenvalue weighted by Gasteiger charge is 2.30. The lowest BCUT2D eigenvalue weighted by Gasteiger charge is -2.32. The number of para-hydroxylation sites is 1. The van der Waals surface area contributed by atoms with Gasteiger partial charge in [-0.1, -0.05) is 36.4 Å². The largest absolute Gasteiger partial charge is 0.496 e. The monoisotopic (exact) mass is 397 g/mol. The van der Waals surface area contributed by atoms with Crippen LogP contribution in [0.2, 0.25) is 0 Å². The van der Waals surface area contributed by atoms with Crippen molar-refractivity contribution in [1.29, 1.82) is 0 Å². The molecule has 1 aliphatic carbocycles. The van der Waals surface area contributed by atoms with Gasteiger partial charge in [0.25, 0.3) is 0 Å². The van der Waals surface area contributed by atoms with Gasteiger partial charge in [-0.25, -0.2) is 0 Å². The summed E-state index contributed by atoms with van der Waals surface area (Å²) in [4.78, 5) is 2.45. The molecular weight excluding hydrogens is 370 g/mol. The van der Waals surface area contributed by atoms with Crippen LogP contribution < -0.4 is 14.4 Å². The third-order valence-corrected chi connectivity index (χ3v) is 6.03. The number of rotatable bonds is 7. The van der Waals surface area contributed by atoms with E-state index in [0.29, 0.717) is 0 Å². The average molecular weight is 398 g/mol. The number of nitrogens with zero attached hydrogens (tertiary/aromatic N) is 1. The number of anilines is 2. The van der Waals surface area contributed by atoms with Crippen molar-refractivity contribution >= 4 is 11.4 Å². The van der Waals surface area contributed by atoms with E-state index in [2.05, 4.69) is 60.0 Å². The Bertz CT molecular complexity index is 1060. The SMILES string of the molecule is C=CCC1Oc2cccc(OC)c2-c2ccc(N(CC3CC3)c3ccccc3)cc21. The predicted molar refractivity (Wildman–Crippen MR) is 123 cm³/mol. The minimum atomic E-state index is -0.0457. The number of ether oxygens (including phenoxy) is 2. The van der Waals surface area contributed by atoms with Crippen molar-refractivity contribution < 1.29 is 9.47 Å². The molecule has 3 heteroatoms. The van der Waals surface area contributed by atoms with Gasteiger partial charge in [-0.15, -0.1) is 6.58 Å². The summed E-state index contributed by atoms with van der Waals surface area (Å²) in [5, 5.41) is 0. The highest BCUT2D eigenvalue weighted by Crippen LogP contribution is 2.49. The summed E-state index contributed by atoms with van der Waals surface area (Å²) in [5.74, 6) is 2.50. The minimum Gasteiger partial charge on any atom is -0.496 e. The van der Waals surface area contributed by atoms with Gasteiger partial charge in [0.05, 0.1) is 12.7 Å². The lowest BCUT2D eigenvalue weighted by Crippen LogP contribution is -2.21. The first-order valence-corrected chi connectivity index (χ1v) is 10.7.